The molecule has 27 heavy (non-hydrogen) atoms. The maximum Gasteiger partial charge on any atom is 0.280 e. The SMILES string of the molecule is CCOc1ccc2c(c1)sc(=NC(=O)c1ccccc1S(=O)(=O)CC)n2C. The van der Waals surface area contributed by atoms with Gasteiger partial charge in [0, 0.05) is 7.05 Å². The summed E-state index contributed by atoms with van der Waals surface area (Å²) in [6.45, 7) is 4.04. The summed E-state index contributed by atoms with van der Waals surface area (Å²) in [5.41, 5.74) is 1.01. The van der Waals surface area contributed by atoms with Crippen LogP contribution in [-0.4, -0.2) is 31.3 Å². The number of benzene rings is 2. The molecule has 1 amide bonds. The molecule has 0 atom stereocenters. The van der Waals surface area contributed by atoms with Crippen molar-refractivity contribution in [1.82, 2.24) is 4.57 Å². The predicted molar refractivity (Wildman–Crippen MR) is 106 cm³/mol. The van der Waals surface area contributed by atoms with Gasteiger partial charge in [0.25, 0.3) is 5.91 Å². The lowest BCUT2D eigenvalue weighted by atomic mass is 10.2. The Hall–Kier alpha value is -2.45. The zero-order valence-electron chi connectivity index (χ0n) is 15.3. The summed E-state index contributed by atoms with van der Waals surface area (Å²) in [5, 5.41) is 0. The summed E-state index contributed by atoms with van der Waals surface area (Å²) in [6.07, 6.45) is 0. The van der Waals surface area contributed by atoms with Crippen LogP contribution in [0.3, 0.4) is 0 Å². The van der Waals surface area contributed by atoms with Gasteiger partial charge in [-0.25, -0.2) is 8.42 Å². The first kappa shape index (κ1) is 19.3. The van der Waals surface area contributed by atoms with E-state index in [1.165, 1.54) is 23.5 Å². The molecule has 142 valence electrons. The van der Waals surface area contributed by atoms with Gasteiger partial charge in [-0.2, -0.15) is 4.99 Å². The van der Waals surface area contributed by atoms with E-state index >= 15 is 0 Å². The van der Waals surface area contributed by atoms with Crippen molar-refractivity contribution in [3.63, 3.8) is 0 Å². The van der Waals surface area contributed by atoms with Crippen LogP contribution in [0.2, 0.25) is 0 Å². The maximum absolute atomic E-state index is 12.7. The first-order valence-corrected chi connectivity index (χ1v) is 11.0. The summed E-state index contributed by atoms with van der Waals surface area (Å²) >= 11 is 1.35. The average Bonchev–Trinajstić information content (AvgIpc) is 2.97. The Balaban J connectivity index is 2.10. The highest BCUT2D eigenvalue weighted by molar-refractivity contribution is 7.91. The molecular weight excluding hydrogens is 384 g/mol. The number of aryl methyl sites for hydroxylation is 1. The molecule has 6 nitrogen and oxygen atoms in total. The lowest BCUT2D eigenvalue weighted by Gasteiger charge is -2.05. The number of ether oxygens (including phenoxy) is 1. The highest BCUT2D eigenvalue weighted by Gasteiger charge is 2.20. The molecule has 1 heterocycles. The van der Waals surface area contributed by atoms with E-state index in [2.05, 4.69) is 4.99 Å². The number of hydrogen-bond donors (Lipinski definition) is 0. The van der Waals surface area contributed by atoms with Crippen molar-refractivity contribution >= 4 is 37.3 Å². The Bertz CT molecular complexity index is 1170. The predicted octanol–water partition coefficient (Wildman–Crippen LogP) is 3.17. The molecule has 0 aliphatic rings. The van der Waals surface area contributed by atoms with Gasteiger partial charge in [0.2, 0.25) is 0 Å². The number of rotatable bonds is 5. The van der Waals surface area contributed by atoms with E-state index in [-0.39, 0.29) is 16.2 Å². The van der Waals surface area contributed by atoms with Crippen molar-refractivity contribution < 1.29 is 17.9 Å². The monoisotopic (exact) mass is 404 g/mol. The van der Waals surface area contributed by atoms with E-state index < -0.39 is 15.7 Å². The number of carbonyl (C=O) groups excluding carboxylic acids is 1. The quantitative estimate of drug-likeness (QED) is 0.654. The van der Waals surface area contributed by atoms with Crippen LogP contribution in [-0.2, 0) is 16.9 Å². The van der Waals surface area contributed by atoms with Crippen molar-refractivity contribution in [2.45, 2.75) is 18.7 Å². The molecule has 0 unspecified atom stereocenters. The summed E-state index contributed by atoms with van der Waals surface area (Å²) in [4.78, 5) is 17.4. The lowest BCUT2D eigenvalue weighted by molar-refractivity contribution is 0.0995. The Morgan fingerprint density at radius 3 is 2.63 bits per heavy atom. The molecule has 8 heteroatoms. The maximum atomic E-state index is 12.7. The van der Waals surface area contributed by atoms with E-state index in [0.29, 0.717) is 11.4 Å². The second-order valence-corrected chi connectivity index (χ2v) is 9.08. The van der Waals surface area contributed by atoms with Gasteiger partial charge < -0.3 is 9.30 Å². The van der Waals surface area contributed by atoms with Gasteiger partial charge in [0.05, 0.1) is 33.0 Å². The van der Waals surface area contributed by atoms with Crippen molar-refractivity contribution in [1.29, 1.82) is 0 Å². The molecule has 0 aliphatic carbocycles. The number of nitrogens with zero attached hydrogens (tertiary/aromatic N) is 2. The Morgan fingerprint density at radius 1 is 1.19 bits per heavy atom. The average molecular weight is 405 g/mol. The third kappa shape index (κ3) is 3.81. The number of sulfone groups is 1. The van der Waals surface area contributed by atoms with Gasteiger partial charge in [-0.3, -0.25) is 4.79 Å². The number of aromatic nitrogens is 1. The van der Waals surface area contributed by atoms with Gasteiger partial charge in [-0.15, -0.1) is 0 Å². The normalized spacial score (nSPS) is 12.5. The molecular formula is C19H20N2O4S2. The number of carbonyl (C=O) groups is 1. The molecule has 0 aliphatic heterocycles. The zero-order chi connectivity index (χ0) is 19.6. The second kappa shape index (κ2) is 7.66. The minimum absolute atomic E-state index is 0.0173. The van der Waals surface area contributed by atoms with Gasteiger partial charge in [-0.1, -0.05) is 30.4 Å². The number of thiazole rings is 1. The van der Waals surface area contributed by atoms with E-state index in [0.717, 1.165) is 16.0 Å². The minimum atomic E-state index is -3.51. The molecule has 3 rings (SSSR count). The number of amides is 1. The van der Waals surface area contributed by atoms with Crippen LogP contribution in [0.15, 0.2) is 52.4 Å². The fraction of sp³-hybridized carbons (Fsp3) is 0.263. The molecule has 0 saturated heterocycles. The fourth-order valence-corrected chi connectivity index (χ4v) is 4.83. The summed E-state index contributed by atoms with van der Waals surface area (Å²) in [7, 11) is -1.69. The van der Waals surface area contributed by atoms with Crippen LogP contribution in [0.25, 0.3) is 10.2 Å². The largest absolute Gasteiger partial charge is 0.494 e. The number of hydrogen-bond acceptors (Lipinski definition) is 5. The van der Waals surface area contributed by atoms with E-state index in [1.54, 1.807) is 19.1 Å². The summed E-state index contributed by atoms with van der Waals surface area (Å²) in [5.74, 6) is 0.104. The molecule has 0 bridgehead atoms. The molecule has 0 fully saturated rings. The third-order valence-corrected chi connectivity index (χ3v) is 7.00. The molecule has 0 radical (unpaired) electrons. The zero-order valence-corrected chi connectivity index (χ0v) is 16.9. The topological polar surface area (TPSA) is 77.7 Å². The van der Waals surface area contributed by atoms with Crippen molar-refractivity contribution in [3.8, 4) is 5.75 Å². The Labute approximate surface area is 161 Å². The standard InChI is InChI=1S/C19H20N2O4S2/c1-4-25-13-10-11-15-16(12-13)26-19(21(15)3)20-18(22)14-8-6-7-9-17(14)27(23,24)5-2/h6-12H,4-5H2,1-3H3. The van der Waals surface area contributed by atoms with Crippen LogP contribution in [0.5, 0.6) is 5.75 Å². The Morgan fingerprint density at radius 2 is 1.93 bits per heavy atom. The third-order valence-electron chi connectivity index (χ3n) is 4.12. The van der Waals surface area contributed by atoms with Crippen LogP contribution in [0.1, 0.15) is 24.2 Å². The van der Waals surface area contributed by atoms with Crippen molar-refractivity contribution in [2.24, 2.45) is 12.0 Å². The van der Waals surface area contributed by atoms with Gasteiger partial charge >= 0.3 is 0 Å². The number of fused-ring (bicyclic) bond motifs is 1. The highest BCUT2D eigenvalue weighted by atomic mass is 32.2. The van der Waals surface area contributed by atoms with E-state index in [1.807, 2.05) is 36.7 Å². The first-order chi connectivity index (χ1) is 12.9. The molecule has 3 aromatic rings. The summed E-state index contributed by atoms with van der Waals surface area (Å²) < 4.78 is 32.8. The second-order valence-electron chi connectivity index (χ2n) is 5.82. The summed E-state index contributed by atoms with van der Waals surface area (Å²) in [6, 6.07) is 11.9. The van der Waals surface area contributed by atoms with Crippen molar-refractivity contribution in [2.75, 3.05) is 12.4 Å². The molecule has 2 aromatic carbocycles. The van der Waals surface area contributed by atoms with Crippen LogP contribution < -0.4 is 9.54 Å². The minimum Gasteiger partial charge on any atom is -0.494 e. The van der Waals surface area contributed by atoms with Crippen LogP contribution in [0.4, 0.5) is 0 Å². The smallest absolute Gasteiger partial charge is 0.280 e. The van der Waals surface area contributed by atoms with Crippen LogP contribution >= 0.6 is 11.3 Å². The van der Waals surface area contributed by atoms with Gasteiger partial charge in [0.1, 0.15) is 5.75 Å². The fourth-order valence-electron chi connectivity index (χ4n) is 2.69. The molecule has 0 N–H and O–H groups in total. The molecule has 0 saturated carbocycles. The van der Waals surface area contributed by atoms with Crippen LogP contribution in [0, 0.1) is 0 Å². The molecule has 1 aromatic heterocycles. The highest BCUT2D eigenvalue weighted by Crippen LogP contribution is 2.23. The van der Waals surface area contributed by atoms with E-state index in [4.69, 9.17) is 4.74 Å². The lowest BCUT2D eigenvalue weighted by Crippen LogP contribution is -2.15. The van der Waals surface area contributed by atoms with E-state index in [9.17, 15) is 13.2 Å². The van der Waals surface area contributed by atoms with Gasteiger partial charge in [-0.05, 0) is 37.3 Å². The van der Waals surface area contributed by atoms with Gasteiger partial charge in [0.15, 0.2) is 14.6 Å². The first-order valence-electron chi connectivity index (χ1n) is 8.50. The molecule has 0 spiro atoms. The Kier molecular flexibility index (Phi) is 5.48. The van der Waals surface area contributed by atoms with Crippen molar-refractivity contribution in [3.05, 3.63) is 52.8 Å².